The zero-order valence-electron chi connectivity index (χ0n) is 6.66. The highest BCUT2D eigenvalue weighted by Gasteiger charge is 2.94. The molecule has 0 unspecified atom stereocenters. The zero-order chi connectivity index (χ0) is 13.2. The van der Waals surface area contributed by atoms with Gasteiger partial charge in [-0.1, -0.05) is 0 Å². The monoisotopic (exact) mass is 296 g/mol. The molecule has 1 fully saturated rings. The topological polar surface area (TPSA) is 43.4 Å². The molecule has 0 aromatic carbocycles. The molecular weight excluding hydrogens is 297 g/mol. The number of alkyl halides is 8. The number of hydrogen-bond donors (Lipinski definition) is 0. The summed E-state index contributed by atoms with van der Waals surface area (Å²) in [5, 5.41) is -11.7. The van der Waals surface area contributed by atoms with E-state index >= 15 is 0 Å². The second-order valence-electron chi connectivity index (χ2n) is 2.72. The average Bonchev–Trinajstić information content (AvgIpc) is 1.97. The van der Waals surface area contributed by atoms with Gasteiger partial charge in [0.1, 0.15) is 0 Å². The molecule has 0 N–H and O–H groups in total. The van der Waals surface area contributed by atoms with Crippen molar-refractivity contribution in [2.75, 3.05) is 0 Å². The first kappa shape index (κ1) is 13.8. The minimum Gasteiger partial charge on any atom is -0.206 e. The van der Waals surface area contributed by atoms with Gasteiger partial charge in [-0.15, -0.1) is 0 Å². The SMILES string of the molecule is O=S1(=O)OC(F)(F)[C@@]1(F)C(F)(F)C(F)(F)Cl. The first-order chi connectivity index (χ1) is 6.71. The molecule has 1 atom stereocenters. The molecule has 0 radical (unpaired) electrons. The summed E-state index contributed by atoms with van der Waals surface area (Å²) in [6.07, 6.45) is -5.62. The van der Waals surface area contributed by atoms with Gasteiger partial charge in [0.25, 0.3) is 0 Å². The summed E-state index contributed by atoms with van der Waals surface area (Å²) in [5.74, 6) is -6.36. The summed E-state index contributed by atoms with van der Waals surface area (Å²) in [6.45, 7) is 0. The molecule has 0 amide bonds. The molecule has 1 rings (SSSR count). The van der Waals surface area contributed by atoms with Crippen molar-refractivity contribution < 1.29 is 43.3 Å². The van der Waals surface area contributed by atoms with Crippen LogP contribution in [-0.4, -0.2) is 30.8 Å². The smallest absolute Gasteiger partial charge is 0.206 e. The average molecular weight is 297 g/mol. The Morgan fingerprint density at radius 3 is 1.56 bits per heavy atom. The minimum absolute atomic E-state index is 2.50. The Morgan fingerprint density at radius 1 is 1.06 bits per heavy atom. The molecule has 1 saturated heterocycles. The van der Waals surface area contributed by atoms with Crippen molar-refractivity contribution in [2.24, 2.45) is 0 Å². The van der Waals surface area contributed by atoms with Crippen molar-refractivity contribution in [1.29, 1.82) is 0 Å². The Balaban J connectivity index is 3.42. The lowest BCUT2D eigenvalue weighted by atomic mass is 10.2. The summed E-state index contributed by atoms with van der Waals surface area (Å²) in [7, 11) is -6.20. The number of hydrogen-bond acceptors (Lipinski definition) is 3. The maximum atomic E-state index is 13.0. The van der Waals surface area contributed by atoms with Crippen LogP contribution in [0.4, 0.5) is 30.7 Å². The zero-order valence-corrected chi connectivity index (χ0v) is 8.23. The lowest BCUT2D eigenvalue weighted by molar-refractivity contribution is -0.353. The van der Waals surface area contributed by atoms with Crippen LogP contribution in [0.15, 0.2) is 0 Å². The van der Waals surface area contributed by atoms with Crippen LogP contribution in [0, 0.1) is 0 Å². The predicted octanol–water partition coefficient (Wildman–Crippen LogP) is 2.07. The second kappa shape index (κ2) is 2.93. The molecule has 1 aliphatic heterocycles. The van der Waals surface area contributed by atoms with Gasteiger partial charge in [-0.05, 0) is 11.6 Å². The molecule has 3 nitrogen and oxygen atoms in total. The largest absolute Gasteiger partial charge is 0.427 e. The van der Waals surface area contributed by atoms with Crippen LogP contribution in [0.5, 0.6) is 0 Å². The summed E-state index contributed by atoms with van der Waals surface area (Å²) in [6, 6.07) is 0. The predicted molar refractivity (Wildman–Crippen MR) is 34.5 cm³/mol. The second-order valence-corrected chi connectivity index (χ2v) is 4.83. The first-order valence-electron chi connectivity index (χ1n) is 3.17. The van der Waals surface area contributed by atoms with Crippen LogP contribution in [0.2, 0.25) is 0 Å². The highest BCUT2D eigenvalue weighted by atomic mass is 35.5. The molecule has 0 spiro atoms. The van der Waals surface area contributed by atoms with Gasteiger partial charge in [0.2, 0.25) is 0 Å². The Bertz CT molecular complexity index is 414. The van der Waals surface area contributed by atoms with E-state index in [1.165, 1.54) is 0 Å². The maximum absolute atomic E-state index is 13.0. The third kappa shape index (κ3) is 1.27. The fraction of sp³-hybridized carbons (Fsp3) is 1.00. The first-order valence-corrected chi connectivity index (χ1v) is 4.96. The van der Waals surface area contributed by atoms with Gasteiger partial charge >= 0.3 is 32.5 Å². The van der Waals surface area contributed by atoms with Crippen LogP contribution in [0.3, 0.4) is 0 Å². The van der Waals surface area contributed by atoms with Gasteiger partial charge in [0.05, 0.1) is 0 Å². The number of rotatable bonds is 2. The van der Waals surface area contributed by atoms with Gasteiger partial charge < -0.3 is 0 Å². The van der Waals surface area contributed by atoms with Crippen molar-refractivity contribution in [1.82, 2.24) is 0 Å². The summed E-state index contributed by atoms with van der Waals surface area (Å²) >= 11 is 3.70. The third-order valence-corrected chi connectivity index (χ3v) is 3.54. The highest BCUT2D eigenvalue weighted by molar-refractivity contribution is 7.89. The molecule has 1 heterocycles. The van der Waals surface area contributed by atoms with Crippen molar-refractivity contribution in [3.63, 3.8) is 0 Å². The Labute approximate surface area is 88.2 Å². The van der Waals surface area contributed by atoms with Gasteiger partial charge in [-0.2, -0.15) is 38.9 Å². The molecule has 0 aromatic rings. The third-order valence-electron chi connectivity index (χ3n) is 1.69. The lowest BCUT2D eigenvalue weighted by Gasteiger charge is -2.44. The van der Waals surface area contributed by atoms with E-state index in [1.54, 1.807) is 0 Å². The van der Waals surface area contributed by atoms with Gasteiger partial charge in [0.15, 0.2) is 0 Å². The summed E-state index contributed by atoms with van der Waals surface area (Å²) in [4.78, 5) is 0. The Morgan fingerprint density at radius 2 is 1.44 bits per heavy atom. The molecule has 0 aliphatic carbocycles. The summed E-state index contributed by atoms with van der Waals surface area (Å²) in [5.41, 5.74) is 0. The van der Waals surface area contributed by atoms with Crippen LogP contribution in [0.1, 0.15) is 0 Å². The highest BCUT2D eigenvalue weighted by Crippen LogP contribution is 2.62. The fourth-order valence-corrected chi connectivity index (χ4v) is 2.23. The fourth-order valence-electron chi connectivity index (χ4n) is 0.882. The normalized spacial score (nSPS) is 33.2. The van der Waals surface area contributed by atoms with Crippen LogP contribution in [0.25, 0.3) is 0 Å². The van der Waals surface area contributed by atoms with Crippen LogP contribution < -0.4 is 0 Å². The molecular formula is C4ClF7O3S. The van der Waals surface area contributed by atoms with E-state index in [9.17, 15) is 39.2 Å². The van der Waals surface area contributed by atoms with E-state index in [4.69, 9.17) is 0 Å². The molecule has 12 heteroatoms. The molecule has 0 saturated carbocycles. The molecule has 1 aliphatic rings. The number of halogens is 8. The van der Waals surface area contributed by atoms with E-state index in [0.29, 0.717) is 0 Å². The molecule has 96 valence electrons. The Kier molecular flexibility index (Phi) is 2.52. The van der Waals surface area contributed by atoms with E-state index in [-0.39, 0.29) is 0 Å². The quantitative estimate of drug-likeness (QED) is 0.445. The van der Waals surface area contributed by atoms with Gasteiger partial charge in [-0.3, -0.25) is 0 Å². The standard InChI is InChI=1S/C4ClF7O3S/c5-3(9,10)1(6,7)2(8)4(11,12)15-16(2,13)14/t2-/m1/s1. The van der Waals surface area contributed by atoms with Crippen LogP contribution >= 0.6 is 11.6 Å². The molecule has 0 bridgehead atoms. The minimum atomic E-state index is -6.36. The van der Waals surface area contributed by atoms with Gasteiger partial charge in [0, 0.05) is 0 Å². The lowest BCUT2D eigenvalue weighted by Crippen LogP contribution is -2.75. The maximum Gasteiger partial charge on any atom is 0.427 e. The Hall–Kier alpha value is -0.290. The molecule has 0 aromatic heterocycles. The van der Waals surface area contributed by atoms with Gasteiger partial charge in [-0.25, -0.2) is 4.39 Å². The molecule has 16 heavy (non-hydrogen) atoms. The van der Waals surface area contributed by atoms with Crippen molar-refractivity contribution >= 4 is 21.7 Å². The van der Waals surface area contributed by atoms with E-state index in [1.807, 2.05) is 0 Å². The van der Waals surface area contributed by atoms with Crippen molar-refractivity contribution in [3.05, 3.63) is 0 Å². The van der Waals surface area contributed by atoms with Crippen molar-refractivity contribution in [2.45, 2.75) is 22.4 Å². The van der Waals surface area contributed by atoms with E-state index in [2.05, 4.69) is 15.8 Å². The van der Waals surface area contributed by atoms with E-state index in [0.717, 1.165) is 0 Å². The summed E-state index contributed by atoms with van der Waals surface area (Å²) < 4.78 is 110. The van der Waals surface area contributed by atoms with Crippen molar-refractivity contribution in [3.8, 4) is 0 Å². The van der Waals surface area contributed by atoms with Crippen LogP contribution in [-0.2, 0) is 14.3 Å². The van der Waals surface area contributed by atoms with E-state index < -0.39 is 32.5 Å².